The fourth-order valence-corrected chi connectivity index (χ4v) is 4.14. The van der Waals surface area contributed by atoms with Gasteiger partial charge in [-0.3, -0.25) is 4.79 Å². The fourth-order valence-electron chi connectivity index (χ4n) is 3.38. The molecule has 0 fully saturated rings. The van der Waals surface area contributed by atoms with Gasteiger partial charge in [-0.25, -0.2) is 0 Å². The molecule has 0 spiro atoms. The molecule has 32 heavy (non-hydrogen) atoms. The van der Waals surface area contributed by atoms with E-state index >= 15 is 0 Å². The molecule has 0 bridgehead atoms. The topological polar surface area (TPSA) is 78.5 Å². The number of nitrogens with one attached hydrogen (secondary N) is 1. The molecular weight excluding hydrogens is 469 g/mol. The Hall–Kier alpha value is -3.05. The van der Waals surface area contributed by atoms with E-state index < -0.39 is 12.1 Å². The van der Waals surface area contributed by atoms with Crippen LogP contribution in [0.1, 0.15) is 18.8 Å². The van der Waals surface area contributed by atoms with Crippen molar-refractivity contribution >= 4 is 47.4 Å². The van der Waals surface area contributed by atoms with Crippen LogP contribution in [-0.2, 0) is 4.79 Å². The highest BCUT2D eigenvalue weighted by Gasteiger charge is 2.36. The summed E-state index contributed by atoms with van der Waals surface area (Å²) in [7, 11) is 0. The van der Waals surface area contributed by atoms with E-state index in [4.69, 9.17) is 32.4 Å². The number of carbonyl (C=O) groups is 1. The molecule has 1 atom stereocenters. The molecule has 0 aliphatic carbocycles. The van der Waals surface area contributed by atoms with Gasteiger partial charge >= 0.3 is 0 Å². The quantitative estimate of drug-likeness (QED) is 0.436. The number of thiol groups is 1. The van der Waals surface area contributed by atoms with Gasteiger partial charge in [0.05, 0.1) is 16.7 Å². The average molecular weight is 486 g/mol. The molecule has 0 saturated heterocycles. The summed E-state index contributed by atoms with van der Waals surface area (Å²) in [4.78, 5) is 14.3. The molecule has 1 unspecified atom stereocenters. The first kappa shape index (κ1) is 22.2. The summed E-state index contributed by atoms with van der Waals surface area (Å²) in [5, 5.41) is 13.5. The minimum Gasteiger partial charge on any atom is -0.494 e. The molecule has 1 aliphatic rings. The van der Waals surface area contributed by atoms with Crippen molar-refractivity contribution in [2.75, 3.05) is 11.5 Å². The molecule has 1 aromatic heterocycles. The van der Waals surface area contributed by atoms with Crippen molar-refractivity contribution in [1.82, 2.24) is 5.32 Å². The predicted octanol–water partition coefficient (Wildman–Crippen LogP) is 5.95. The van der Waals surface area contributed by atoms with Gasteiger partial charge in [0.15, 0.2) is 6.17 Å². The molecule has 0 radical (unpaired) electrons. The Kier molecular flexibility index (Phi) is 6.38. The van der Waals surface area contributed by atoms with Crippen LogP contribution in [0.3, 0.4) is 0 Å². The maximum Gasteiger partial charge on any atom is 0.266 e. The van der Waals surface area contributed by atoms with E-state index in [-0.39, 0.29) is 10.6 Å². The van der Waals surface area contributed by atoms with E-state index in [2.05, 4.69) is 17.9 Å². The van der Waals surface area contributed by atoms with Gasteiger partial charge in [-0.15, -0.1) is 12.6 Å². The summed E-state index contributed by atoms with van der Waals surface area (Å²) >= 11 is 16.9. The van der Waals surface area contributed by atoms with Crippen LogP contribution in [0, 0.1) is 11.3 Å². The first-order chi connectivity index (χ1) is 15.4. The standard InChI is InChI=1S/C23H17Cl2N3O3S/c1-2-30-15-6-4-14(5-7-15)28-21(27-22(29)17(12-26)23(28)32)20-10-9-19(31-20)16-11-13(24)3-8-18(16)25/h3-11,21,32H,2H2,1H3,(H,27,29). The number of nitriles is 1. The molecule has 1 N–H and O–H groups in total. The minimum absolute atomic E-state index is 0.0943. The molecule has 162 valence electrons. The van der Waals surface area contributed by atoms with Gasteiger partial charge in [-0.2, -0.15) is 5.26 Å². The zero-order valence-electron chi connectivity index (χ0n) is 16.8. The lowest BCUT2D eigenvalue weighted by Crippen LogP contribution is -2.45. The Morgan fingerprint density at radius 3 is 2.62 bits per heavy atom. The first-order valence-corrected chi connectivity index (χ1v) is 10.8. The van der Waals surface area contributed by atoms with Crippen LogP contribution in [0.4, 0.5) is 5.69 Å². The average Bonchev–Trinajstić information content (AvgIpc) is 3.26. The third kappa shape index (κ3) is 4.17. The molecule has 1 amide bonds. The van der Waals surface area contributed by atoms with Gasteiger partial charge in [-0.05, 0) is 61.5 Å². The number of benzene rings is 2. The third-order valence-corrected chi connectivity index (χ3v) is 5.84. The summed E-state index contributed by atoms with van der Waals surface area (Å²) in [5.41, 5.74) is 1.22. The second kappa shape index (κ2) is 9.21. The smallest absolute Gasteiger partial charge is 0.266 e. The fraction of sp³-hybridized carbons (Fsp3) is 0.130. The summed E-state index contributed by atoms with van der Waals surface area (Å²) in [6, 6.07) is 17.7. The highest BCUT2D eigenvalue weighted by Crippen LogP contribution is 2.39. The van der Waals surface area contributed by atoms with Crippen LogP contribution in [0.15, 0.2) is 69.6 Å². The van der Waals surface area contributed by atoms with Crippen molar-refractivity contribution in [2.24, 2.45) is 0 Å². The van der Waals surface area contributed by atoms with Crippen LogP contribution < -0.4 is 15.0 Å². The maximum absolute atomic E-state index is 12.5. The number of anilines is 1. The Labute approximate surface area is 200 Å². The number of hydrogen-bond donors (Lipinski definition) is 2. The van der Waals surface area contributed by atoms with E-state index in [1.165, 1.54) is 0 Å². The van der Waals surface area contributed by atoms with Gasteiger partial charge in [0.25, 0.3) is 5.91 Å². The number of furan rings is 1. The monoisotopic (exact) mass is 485 g/mol. The molecule has 9 heteroatoms. The molecule has 2 heterocycles. The highest BCUT2D eigenvalue weighted by atomic mass is 35.5. The van der Waals surface area contributed by atoms with Crippen molar-refractivity contribution in [3.05, 3.63) is 81.0 Å². The van der Waals surface area contributed by atoms with Gasteiger partial charge < -0.3 is 19.4 Å². The number of carbonyl (C=O) groups excluding carboxylic acids is 1. The lowest BCUT2D eigenvalue weighted by atomic mass is 10.1. The van der Waals surface area contributed by atoms with Gasteiger partial charge in [0.1, 0.15) is 28.9 Å². The first-order valence-electron chi connectivity index (χ1n) is 9.64. The Morgan fingerprint density at radius 1 is 1.19 bits per heavy atom. The van der Waals surface area contributed by atoms with E-state index in [1.807, 2.05) is 25.1 Å². The van der Waals surface area contributed by atoms with Crippen LogP contribution in [0.5, 0.6) is 5.75 Å². The molecule has 0 saturated carbocycles. The number of ether oxygens (including phenoxy) is 1. The number of halogens is 2. The molecule has 4 rings (SSSR count). The van der Waals surface area contributed by atoms with Crippen molar-refractivity contribution in [3.8, 4) is 23.1 Å². The van der Waals surface area contributed by atoms with Crippen LogP contribution in [0.25, 0.3) is 11.3 Å². The zero-order valence-corrected chi connectivity index (χ0v) is 19.2. The largest absolute Gasteiger partial charge is 0.494 e. The van der Waals surface area contributed by atoms with Gasteiger partial charge in [0, 0.05) is 16.3 Å². The van der Waals surface area contributed by atoms with Gasteiger partial charge in [-0.1, -0.05) is 23.2 Å². The van der Waals surface area contributed by atoms with E-state index in [1.54, 1.807) is 47.4 Å². The highest BCUT2D eigenvalue weighted by molar-refractivity contribution is 7.84. The SMILES string of the molecule is CCOc1ccc(N2C(S)=C(C#N)C(=O)NC2c2ccc(-c3cc(Cl)ccc3Cl)o2)cc1. The van der Waals surface area contributed by atoms with Crippen LogP contribution in [-0.4, -0.2) is 12.5 Å². The molecule has 1 aliphatic heterocycles. The molecule has 6 nitrogen and oxygen atoms in total. The molecule has 2 aromatic carbocycles. The minimum atomic E-state index is -0.739. The molecule has 3 aromatic rings. The second-order valence-electron chi connectivity index (χ2n) is 6.81. The van der Waals surface area contributed by atoms with E-state index in [0.717, 1.165) is 0 Å². The van der Waals surface area contributed by atoms with E-state index in [9.17, 15) is 10.1 Å². The Bertz CT molecular complexity index is 1250. The lowest BCUT2D eigenvalue weighted by molar-refractivity contribution is -0.118. The number of nitrogens with zero attached hydrogens (tertiary/aromatic N) is 2. The summed E-state index contributed by atoms with van der Waals surface area (Å²) in [6.45, 7) is 2.44. The number of hydrogen-bond acceptors (Lipinski definition) is 6. The van der Waals surface area contributed by atoms with Gasteiger partial charge in [0.2, 0.25) is 0 Å². The lowest BCUT2D eigenvalue weighted by Gasteiger charge is -2.36. The second-order valence-corrected chi connectivity index (χ2v) is 8.08. The normalized spacial score (nSPS) is 16.0. The Balaban J connectivity index is 1.77. The van der Waals surface area contributed by atoms with E-state index in [0.29, 0.717) is 45.2 Å². The van der Waals surface area contributed by atoms with Crippen LogP contribution in [0.2, 0.25) is 10.0 Å². The van der Waals surface area contributed by atoms with Crippen molar-refractivity contribution in [3.63, 3.8) is 0 Å². The van der Waals surface area contributed by atoms with Crippen molar-refractivity contribution in [2.45, 2.75) is 13.1 Å². The zero-order chi connectivity index (χ0) is 22.8. The third-order valence-electron chi connectivity index (χ3n) is 4.83. The number of rotatable bonds is 5. The predicted molar refractivity (Wildman–Crippen MR) is 127 cm³/mol. The number of amides is 1. The maximum atomic E-state index is 12.5. The van der Waals surface area contributed by atoms with Crippen molar-refractivity contribution in [1.29, 1.82) is 5.26 Å². The summed E-state index contributed by atoms with van der Waals surface area (Å²) in [6.07, 6.45) is -0.739. The Morgan fingerprint density at radius 2 is 1.94 bits per heavy atom. The van der Waals surface area contributed by atoms with Crippen molar-refractivity contribution < 1.29 is 13.9 Å². The van der Waals surface area contributed by atoms with Crippen LogP contribution >= 0.6 is 35.8 Å². The summed E-state index contributed by atoms with van der Waals surface area (Å²) in [5.74, 6) is 1.09. The molecular formula is C23H17Cl2N3O3S. The summed E-state index contributed by atoms with van der Waals surface area (Å²) < 4.78 is 11.6.